The summed E-state index contributed by atoms with van der Waals surface area (Å²) in [6.07, 6.45) is 3.05. The van der Waals surface area contributed by atoms with E-state index in [1.54, 1.807) is 42.4 Å². The van der Waals surface area contributed by atoms with Gasteiger partial charge >= 0.3 is 0 Å². The number of ether oxygens (including phenoxy) is 2. The van der Waals surface area contributed by atoms with Gasteiger partial charge in [-0.3, -0.25) is 9.59 Å². The summed E-state index contributed by atoms with van der Waals surface area (Å²) in [6.45, 7) is 1.01. The van der Waals surface area contributed by atoms with Crippen LogP contribution in [0.4, 0.5) is 0 Å². The van der Waals surface area contributed by atoms with Crippen molar-refractivity contribution in [3.05, 3.63) is 46.4 Å². The smallest absolute Gasteiger partial charge is 0.263 e. The van der Waals surface area contributed by atoms with Gasteiger partial charge in [-0.25, -0.2) is 0 Å². The second kappa shape index (κ2) is 7.33. The van der Waals surface area contributed by atoms with E-state index in [1.807, 2.05) is 0 Å². The highest BCUT2D eigenvalue weighted by molar-refractivity contribution is 5.93. The predicted octanol–water partition coefficient (Wildman–Crippen LogP) is 0.867. The molecule has 3 heterocycles. The minimum atomic E-state index is -0.295. The fourth-order valence-corrected chi connectivity index (χ4v) is 2.80. The van der Waals surface area contributed by atoms with Crippen LogP contribution >= 0.6 is 0 Å². The number of aryl methyl sites for hydroxylation is 1. The Morgan fingerprint density at radius 2 is 2.00 bits per heavy atom. The molecule has 1 aliphatic rings. The summed E-state index contributed by atoms with van der Waals surface area (Å²) in [7, 11) is 3.15. The molecule has 1 unspecified atom stereocenters. The highest BCUT2D eigenvalue weighted by Gasteiger charge is 2.27. The monoisotopic (exact) mass is 344 g/mol. The van der Waals surface area contributed by atoms with E-state index in [1.165, 1.54) is 11.7 Å². The molecular formula is C17H20N4O4. The second-order valence-electron chi connectivity index (χ2n) is 5.89. The Labute approximate surface area is 145 Å². The summed E-state index contributed by atoms with van der Waals surface area (Å²) < 4.78 is 12.2. The molecule has 1 aliphatic heterocycles. The van der Waals surface area contributed by atoms with Gasteiger partial charge in [-0.2, -0.15) is 0 Å². The molecule has 1 saturated heterocycles. The number of hydrogen-bond acceptors (Lipinski definition) is 6. The van der Waals surface area contributed by atoms with Crippen LogP contribution in [0.5, 0.6) is 11.8 Å². The van der Waals surface area contributed by atoms with Crippen LogP contribution in [0.15, 0.2) is 35.3 Å². The highest BCUT2D eigenvalue weighted by Crippen LogP contribution is 2.18. The van der Waals surface area contributed by atoms with E-state index in [9.17, 15) is 9.59 Å². The predicted molar refractivity (Wildman–Crippen MR) is 89.8 cm³/mol. The Morgan fingerprint density at radius 3 is 2.72 bits per heavy atom. The number of carbonyl (C=O) groups excluding carboxylic acids is 1. The van der Waals surface area contributed by atoms with Crippen molar-refractivity contribution in [3.63, 3.8) is 0 Å². The Kier molecular flexibility index (Phi) is 4.97. The molecule has 2 aromatic rings. The van der Waals surface area contributed by atoms with E-state index in [2.05, 4.69) is 10.2 Å². The Bertz CT molecular complexity index is 803. The minimum absolute atomic E-state index is 0.176. The fraction of sp³-hybridized carbons (Fsp3) is 0.412. The van der Waals surface area contributed by atoms with Crippen molar-refractivity contribution in [1.29, 1.82) is 0 Å². The number of aromatic nitrogens is 3. The van der Waals surface area contributed by atoms with Gasteiger partial charge in [-0.15, -0.1) is 10.2 Å². The lowest BCUT2D eigenvalue weighted by Crippen LogP contribution is -2.46. The van der Waals surface area contributed by atoms with E-state index >= 15 is 0 Å². The first-order chi connectivity index (χ1) is 12.1. The molecule has 0 aromatic carbocycles. The summed E-state index contributed by atoms with van der Waals surface area (Å²) in [5.41, 5.74) is -0.119. The van der Waals surface area contributed by atoms with Crippen molar-refractivity contribution in [2.75, 3.05) is 20.2 Å². The molecule has 0 saturated carbocycles. The average molecular weight is 344 g/mol. The number of hydrogen-bond donors (Lipinski definition) is 0. The topological polar surface area (TPSA) is 86.5 Å². The maximum absolute atomic E-state index is 12.7. The molecule has 1 fully saturated rings. The normalized spacial score (nSPS) is 17.2. The standard InChI is InChI=1S/C17H20N4O4/c1-20-9-4-6-13(16(20)22)17(23)21-10-3-5-12(11-21)25-15-8-7-14(24-2)18-19-15/h4,6-9,12H,3,5,10-11H2,1-2H3. The van der Waals surface area contributed by atoms with Crippen LogP contribution in [0.25, 0.3) is 0 Å². The number of rotatable bonds is 4. The Balaban J connectivity index is 1.69. The highest BCUT2D eigenvalue weighted by atomic mass is 16.5. The van der Waals surface area contributed by atoms with Gasteiger partial charge in [0.1, 0.15) is 11.7 Å². The molecule has 0 aliphatic carbocycles. The SMILES string of the molecule is COc1ccc(OC2CCCN(C(=O)c3cccn(C)c3=O)C2)nn1. The molecule has 0 bridgehead atoms. The number of likely N-dealkylation sites (tertiary alicyclic amines) is 1. The summed E-state index contributed by atoms with van der Waals surface area (Å²) in [4.78, 5) is 26.5. The van der Waals surface area contributed by atoms with Crippen molar-refractivity contribution in [2.45, 2.75) is 18.9 Å². The molecule has 1 atom stereocenters. The van der Waals surface area contributed by atoms with Crippen LogP contribution in [-0.2, 0) is 7.05 Å². The molecule has 132 valence electrons. The summed E-state index contributed by atoms with van der Waals surface area (Å²) in [5, 5.41) is 7.81. The lowest BCUT2D eigenvalue weighted by molar-refractivity contribution is 0.0523. The quantitative estimate of drug-likeness (QED) is 0.818. The van der Waals surface area contributed by atoms with Gasteiger partial charge in [0.2, 0.25) is 11.8 Å². The zero-order chi connectivity index (χ0) is 17.8. The average Bonchev–Trinajstić information content (AvgIpc) is 2.64. The third kappa shape index (κ3) is 3.78. The fourth-order valence-electron chi connectivity index (χ4n) is 2.80. The molecule has 2 aromatic heterocycles. The zero-order valence-corrected chi connectivity index (χ0v) is 14.2. The Hall–Kier alpha value is -2.90. The number of methoxy groups -OCH3 is 1. The van der Waals surface area contributed by atoms with Crippen molar-refractivity contribution >= 4 is 5.91 Å². The molecule has 25 heavy (non-hydrogen) atoms. The first-order valence-corrected chi connectivity index (χ1v) is 8.08. The number of piperidine rings is 1. The van der Waals surface area contributed by atoms with Crippen molar-refractivity contribution in [1.82, 2.24) is 19.7 Å². The zero-order valence-electron chi connectivity index (χ0n) is 14.2. The summed E-state index contributed by atoms with van der Waals surface area (Å²) in [6, 6.07) is 6.60. The van der Waals surface area contributed by atoms with Crippen LogP contribution in [0, 0.1) is 0 Å². The van der Waals surface area contributed by atoms with Gasteiger partial charge < -0.3 is 18.9 Å². The van der Waals surface area contributed by atoms with E-state index in [4.69, 9.17) is 9.47 Å². The van der Waals surface area contributed by atoms with Crippen LogP contribution in [0.3, 0.4) is 0 Å². The molecule has 8 nitrogen and oxygen atoms in total. The van der Waals surface area contributed by atoms with Crippen LogP contribution in [0.2, 0.25) is 0 Å². The molecule has 0 radical (unpaired) electrons. The van der Waals surface area contributed by atoms with Gasteiger partial charge in [-0.1, -0.05) is 0 Å². The summed E-state index contributed by atoms with van der Waals surface area (Å²) >= 11 is 0. The number of carbonyl (C=O) groups is 1. The van der Waals surface area contributed by atoms with Gasteiger partial charge in [0.05, 0.1) is 13.7 Å². The van der Waals surface area contributed by atoms with Gasteiger partial charge in [-0.05, 0) is 25.0 Å². The van der Waals surface area contributed by atoms with Crippen molar-refractivity contribution < 1.29 is 14.3 Å². The Morgan fingerprint density at radius 1 is 1.24 bits per heavy atom. The molecule has 1 amide bonds. The van der Waals surface area contributed by atoms with Gasteiger partial charge in [0.15, 0.2) is 0 Å². The number of pyridine rings is 1. The molecule has 8 heteroatoms. The number of nitrogens with zero attached hydrogens (tertiary/aromatic N) is 4. The lowest BCUT2D eigenvalue weighted by atomic mass is 10.1. The molecule has 0 spiro atoms. The van der Waals surface area contributed by atoms with Gasteiger partial charge in [0, 0.05) is 31.9 Å². The molecule has 0 N–H and O–H groups in total. The molecule has 3 rings (SSSR count). The first kappa shape index (κ1) is 16.9. The van der Waals surface area contributed by atoms with E-state index in [0.29, 0.717) is 24.8 Å². The van der Waals surface area contributed by atoms with Crippen LogP contribution in [0.1, 0.15) is 23.2 Å². The maximum atomic E-state index is 12.7. The largest absolute Gasteiger partial charge is 0.480 e. The summed E-state index contributed by atoms with van der Waals surface area (Å²) in [5.74, 6) is 0.527. The van der Waals surface area contributed by atoms with E-state index in [-0.39, 0.29) is 23.1 Å². The maximum Gasteiger partial charge on any atom is 0.263 e. The van der Waals surface area contributed by atoms with Crippen molar-refractivity contribution in [2.24, 2.45) is 7.05 Å². The van der Waals surface area contributed by atoms with E-state index < -0.39 is 0 Å². The van der Waals surface area contributed by atoms with Crippen LogP contribution in [-0.4, -0.2) is 51.9 Å². The number of amides is 1. The third-order valence-corrected chi connectivity index (χ3v) is 4.13. The minimum Gasteiger partial charge on any atom is -0.480 e. The van der Waals surface area contributed by atoms with Gasteiger partial charge in [0.25, 0.3) is 11.5 Å². The lowest BCUT2D eigenvalue weighted by Gasteiger charge is -2.32. The van der Waals surface area contributed by atoms with Crippen molar-refractivity contribution in [3.8, 4) is 11.8 Å². The van der Waals surface area contributed by atoms with E-state index in [0.717, 1.165) is 12.8 Å². The van der Waals surface area contributed by atoms with Crippen LogP contribution < -0.4 is 15.0 Å². The first-order valence-electron chi connectivity index (χ1n) is 8.08. The molecular weight excluding hydrogens is 324 g/mol. The second-order valence-corrected chi connectivity index (χ2v) is 5.89. The third-order valence-electron chi connectivity index (χ3n) is 4.13.